The zero-order valence-corrected chi connectivity index (χ0v) is 22.6. The summed E-state index contributed by atoms with van der Waals surface area (Å²) in [5, 5.41) is 11.4. The standard InChI is InChI=1S/C27H21F2N3O6S2/c1-36-12-17-8-19-25(29)20(28)9-18(26(19)40-17)15-2-4-16(5-3-15)38-13-23-31-21(14-39-23)27(35)32(11-24(33)34)10-22-30-6-7-37-22/h2-9,14H,10-13H2,1H3,(H,33,34). The van der Waals surface area contributed by atoms with E-state index in [4.69, 9.17) is 13.9 Å². The van der Waals surface area contributed by atoms with E-state index in [1.54, 1.807) is 37.4 Å². The van der Waals surface area contributed by atoms with Crippen LogP contribution >= 0.6 is 22.7 Å². The maximum Gasteiger partial charge on any atom is 0.323 e. The number of rotatable bonds is 11. The smallest absolute Gasteiger partial charge is 0.323 e. The number of hydrogen-bond donors (Lipinski definition) is 1. The molecule has 13 heteroatoms. The van der Waals surface area contributed by atoms with E-state index in [0.717, 1.165) is 9.78 Å². The van der Waals surface area contributed by atoms with Crippen LogP contribution in [0, 0.1) is 11.6 Å². The number of benzene rings is 2. The maximum atomic E-state index is 14.4. The SMILES string of the molecule is COCc1cc2c(F)c(F)cc(-c3ccc(OCc4nc(C(=O)N(CC(=O)O)Cc5ncco5)cs4)cc3)c2s1. The third-order valence-electron chi connectivity index (χ3n) is 5.75. The first-order chi connectivity index (χ1) is 19.3. The highest BCUT2D eigenvalue weighted by Crippen LogP contribution is 2.38. The van der Waals surface area contributed by atoms with Gasteiger partial charge in [-0.1, -0.05) is 12.1 Å². The molecule has 1 N–H and O–H groups in total. The zero-order valence-electron chi connectivity index (χ0n) is 20.9. The Balaban J connectivity index is 1.27. The molecule has 5 rings (SSSR count). The van der Waals surface area contributed by atoms with Crippen molar-refractivity contribution in [3.05, 3.63) is 87.3 Å². The first kappa shape index (κ1) is 27.4. The molecule has 206 valence electrons. The number of thiophene rings is 1. The molecule has 9 nitrogen and oxygen atoms in total. The molecule has 0 aliphatic carbocycles. The van der Waals surface area contributed by atoms with Crippen molar-refractivity contribution in [3.63, 3.8) is 0 Å². The molecule has 0 spiro atoms. The molecule has 0 atom stereocenters. The second-order valence-electron chi connectivity index (χ2n) is 8.53. The van der Waals surface area contributed by atoms with Gasteiger partial charge in [-0.3, -0.25) is 9.59 Å². The fourth-order valence-electron chi connectivity index (χ4n) is 3.99. The van der Waals surface area contributed by atoms with Crippen molar-refractivity contribution in [1.29, 1.82) is 0 Å². The Labute approximate surface area is 234 Å². The van der Waals surface area contributed by atoms with Gasteiger partial charge in [0.25, 0.3) is 5.91 Å². The minimum atomic E-state index is -1.18. The molecule has 40 heavy (non-hydrogen) atoms. The number of methoxy groups -OCH3 is 1. The molecule has 2 aromatic carbocycles. The first-order valence-corrected chi connectivity index (χ1v) is 13.5. The molecule has 0 saturated heterocycles. The Morgan fingerprint density at radius 1 is 1.15 bits per heavy atom. The largest absolute Gasteiger partial charge is 0.486 e. The molecule has 0 radical (unpaired) electrons. The summed E-state index contributed by atoms with van der Waals surface area (Å²) < 4.78 is 45.5. The molecular weight excluding hydrogens is 564 g/mol. The van der Waals surface area contributed by atoms with Gasteiger partial charge in [-0.25, -0.2) is 18.7 Å². The van der Waals surface area contributed by atoms with Crippen LogP contribution < -0.4 is 4.74 Å². The van der Waals surface area contributed by atoms with Crippen molar-refractivity contribution in [1.82, 2.24) is 14.9 Å². The Hall–Kier alpha value is -4.20. The van der Waals surface area contributed by atoms with Gasteiger partial charge in [0, 0.05) is 33.0 Å². The number of thiazole rings is 1. The lowest BCUT2D eigenvalue weighted by Crippen LogP contribution is -2.35. The summed E-state index contributed by atoms with van der Waals surface area (Å²) in [6.07, 6.45) is 2.74. The maximum absolute atomic E-state index is 14.4. The number of oxazole rings is 1. The summed E-state index contributed by atoms with van der Waals surface area (Å²) in [5.74, 6) is -2.86. The minimum absolute atomic E-state index is 0.0662. The average Bonchev–Trinajstić information content (AvgIpc) is 3.71. The third-order valence-corrected chi connectivity index (χ3v) is 7.72. The summed E-state index contributed by atoms with van der Waals surface area (Å²) in [5.41, 5.74) is 1.33. The van der Waals surface area contributed by atoms with Crippen LogP contribution in [0.5, 0.6) is 5.75 Å². The highest BCUT2D eigenvalue weighted by atomic mass is 32.1. The second-order valence-corrected chi connectivity index (χ2v) is 10.6. The van der Waals surface area contributed by atoms with E-state index in [1.807, 2.05) is 0 Å². The predicted molar refractivity (Wildman–Crippen MR) is 143 cm³/mol. The molecule has 0 unspecified atom stereocenters. The van der Waals surface area contributed by atoms with Gasteiger partial charge >= 0.3 is 5.97 Å². The number of hydrogen-bond acceptors (Lipinski definition) is 9. The lowest BCUT2D eigenvalue weighted by molar-refractivity contribution is -0.137. The lowest BCUT2D eigenvalue weighted by Gasteiger charge is -2.17. The fourth-order valence-corrected chi connectivity index (χ4v) is 5.83. The van der Waals surface area contributed by atoms with Crippen LogP contribution in [0.4, 0.5) is 8.78 Å². The summed E-state index contributed by atoms with van der Waals surface area (Å²) in [6, 6.07) is 9.70. The van der Waals surface area contributed by atoms with Crippen molar-refractivity contribution in [2.24, 2.45) is 0 Å². The van der Waals surface area contributed by atoms with E-state index >= 15 is 0 Å². The highest BCUT2D eigenvalue weighted by molar-refractivity contribution is 7.19. The number of carbonyl (C=O) groups excluding carboxylic acids is 1. The van der Waals surface area contributed by atoms with Crippen molar-refractivity contribution < 1.29 is 37.4 Å². The summed E-state index contributed by atoms with van der Waals surface area (Å²) in [7, 11) is 1.54. The van der Waals surface area contributed by atoms with E-state index in [2.05, 4.69) is 9.97 Å². The fraction of sp³-hybridized carbons (Fsp3) is 0.185. The molecule has 0 saturated carbocycles. The van der Waals surface area contributed by atoms with Gasteiger partial charge in [0.15, 0.2) is 11.6 Å². The summed E-state index contributed by atoms with van der Waals surface area (Å²) >= 11 is 2.54. The Bertz CT molecular complexity index is 1650. The molecule has 1 amide bonds. The van der Waals surface area contributed by atoms with Crippen molar-refractivity contribution in [2.75, 3.05) is 13.7 Å². The van der Waals surface area contributed by atoms with Gasteiger partial charge in [0.05, 0.1) is 19.3 Å². The number of aromatic nitrogens is 2. The second kappa shape index (κ2) is 11.9. The molecule has 3 heterocycles. The number of aliphatic carboxylic acids is 1. The van der Waals surface area contributed by atoms with Crippen LogP contribution in [0.3, 0.4) is 0 Å². The van der Waals surface area contributed by atoms with Crippen LogP contribution in [0.25, 0.3) is 21.2 Å². The molecule has 0 fully saturated rings. The van der Waals surface area contributed by atoms with E-state index < -0.39 is 30.1 Å². The monoisotopic (exact) mass is 585 g/mol. The molecule has 0 aliphatic rings. The van der Waals surface area contributed by atoms with Crippen molar-refractivity contribution >= 4 is 44.6 Å². The van der Waals surface area contributed by atoms with Crippen LogP contribution in [-0.2, 0) is 29.3 Å². The molecular formula is C27H21F2N3O6S2. The minimum Gasteiger partial charge on any atom is -0.486 e. The van der Waals surface area contributed by atoms with Gasteiger partial charge in [0.2, 0.25) is 5.89 Å². The van der Waals surface area contributed by atoms with Crippen LogP contribution in [0.1, 0.15) is 26.3 Å². The van der Waals surface area contributed by atoms with Crippen molar-refractivity contribution in [2.45, 2.75) is 19.8 Å². The van der Waals surface area contributed by atoms with E-state index in [9.17, 15) is 23.5 Å². The first-order valence-electron chi connectivity index (χ1n) is 11.8. The number of halogens is 2. The highest BCUT2D eigenvalue weighted by Gasteiger charge is 2.23. The molecule has 5 aromatic rings. The van der Waals surface area contributed by atoms with Crippen LogP contribution in [-0.4, -0.2) is 45.5 Å². The number of carboxylic acid groups (broad SMARTS) is 1. The Kier molecular flexibility index (Phi) is 8.14. The average molecular weight is 586 g/mol. The molecule has 3 aromatic heterocycles. The quantitative estimate of drug-likeness (QED) is 0.209. The van der Waals surface area contributed by atoms with Crippen molar-refractivity contribution in [3.8, 4) is 16.9 Å². The normalized spacial score (nSPS) is 11.2. The molecule has 0 aliphatic heterocycles. The van der Waals surface area contributed by atoms with Crippen LogP contribution in [0.2, 0.25) is 0 Å². The number of carboxylic acids is 1. The molecule has 0 bridgehead atoms. The number of carbonyl (C=O) groups is 2. The van der Waals surface area contributed by atoms with E-state index in [0.29, 0.717) is 33.2 Å². The van der Waals surface area contributed by atoms with Gasteiger partial charge in [-0.15, -0.1) is 22.7 Å². The zero-order chi connectivity index (χ0) is 28.2. The summed E-state index contributed by atoms with van der Waals surface area (Å²) in [6.45, 7) is -0.288. The number of amides is 1. The Morgan fingerprint density at radius 2 is 1.95 bits per heavy atom. The van der Waals surface area contributed by atoms with Gasteiger partial charge in [-0.05, 0) is 29.8 Å². The number of nitrogens with zero attached hydrogens (tertiary/aromatic N) is 3. The van der Waals surface area contributed by atoms with Gasteiger partial charge < -0.3 is 23.9 Å². The van der Waals surface area contributed by atoms with Gasteiger partial charge in [0.1, 0.15) is 35.9 Å². The van der Waals surface area contributed by atoms with E-state index in [1.165, 1.54) is 46.6 Å². The third kappa shape index (κ3) is 6.01. The lowest BCUT2D eigenvalue weighted by atomic mass is 10.0. The van der Waals surface area contributed by atoms with Gasteiger partial charge in [-0.2, -0.15) is 0 Å². The Morgan fingerprint density at radius 3 is 2.65 bits per heavy atom. The summed E-state index contributed by atoms with van der Waals surface area (Å²) in [4.78, 5) is 34.2. The number of ether oxygens (including phenoxy) is 2. The number of fused-ring (bicyclic) bond motifs is 1. The van der Waals surface area contributed by atoms with Crippen LogP contribution in [0.15, 0.2) is 58.7 Å². The van der Waals surface area contributed by atoms with E-state index in [-0.39, 0.29) is 30.1 Å². The predicted octanol–water partition coefficient (Wildman–Crippen LogP) is 5.74. The topological polar surface area (TPSA) is 115 Å².